The van der Waals surface area contributed by atoms with Crippen LogP contribution in [0, 0.1) is 13.8 Å². The van der Waals surface area contributed by atoms with Crippen molar-refractivity contribution in [2.75, 3.05) is 32.0 Å². The van der Waals surface area contributed by atoms with Crippen LogP contribution < -0.4 is 5.32 Å². The fourth-order valence-electron chi connectivity index (χ4n) is 4.67. The quantitative estimate of drug-likeness (QED) is 0.421. The maximum atomic E-state index is 13.6. The molecule has 0 aliphatic carbocycles. The normalized spacial score (nSPS) is 14.1. The van der Waals surface area contributed by atoms with Crippen LogP contribution in [-0.4, -0.2) is 65.9 Å². The SMILES string of the molecule is CCCCN(CC)S(=O)(=O)c1ccc(C(=O)Nc2sc3c(c2C(=O)n2nc(C)cc2C)CCN(C)C3)cc1. The molecule has 1 aromatic carbocycles. The fourth-order valence-corrected chi connectivity index (χ4v) is 7.47. The molecular formula is C27H35N5O4S2. The second-order valence-electron chi connectivity index (χ2n) is 9.67. The summed E-state index contributed by atoms with van der Waals surface area (Å²) in [6, 6.07) is 7.81. The summed E-state index contributed by atoms with van der Waals surface area (Å²) in [4.78, 5) is 30.3. The number of likely N-dealkylation sites (N-methyl/N-ethyl adjacent to an activating group) is 1. The second-order valence-corrected chi connectivity index (χ2v) is 12.7. The summed E-state index contributed by atoms with van der Waals surface area (Å²) in [5.41, 5.74) is 3.22. The number of fused-ring (bicyclic) bond motifs is 1. The van der Waals surface area contributed by atoms with Gasteiger partial charge in [0.15, 0.2) is 0 Å². The number of sulfonamides is 1. The number of nitrogens with zero attached hydrogens (tertiary/aromatic N) is 4. The summed E-state index contributed by atoms with van der Waals surface area (Å²) in [5.74, 6) is -0.664. The van der Waals surface area contributed by atoms with Gasteiger partial charge in [0.05, 0.1) is 16.2 Å². The van der Waals surface area contributed by atoms with Crippen LogP contribution in [0.2, 0.25) is 0 Å². The molecule has 0 atom stereocenters. The first-order chi connectivity index (χ1) is 18.1. The fraction of sp³-hybridized carbons (Fsp3) is 0.444. The third-order valence-electron chi connectivity index (χ3n) is 6.76. The van der Waals surface area contributed by atoms with Crippen LogP contribution in [0.4, 0.5) is 5.00 Å². The Hall–Kier alpha value is -2.86. The van der Waals surface area contributed by atoms with Gasteiger partial charge >= 0.3 is 0 Å². The van der Waals surface area contributed by atoms with Crippen LogP contribution in [-0.2, 0) is 23.0 Å². The van der Waals surface area contributed by atoms with Crippen molar-refractivity contribution in [3.8, 4) is 0 Å². The maximum absolute atomic E-state index is 13.6. The molecule has 0 saturated carbocycles. The lowest BCUT2D eigenvalue weighted by Crippen LogP contribution is -2.31. The van der Waals surface area contributed by atoms with E-state index in [0.717, 1.165) is 41.2 Å². The molecular weight excluding hydrogens is 522 g/mol. The van der Waals surface area contributed by atoms with Gasteiger partial charge in [-0.15, -0.1) is 11.3 Å². The summed E-state index contributed by atoms with van der Waals surface area (Å²) < 4.78 is 28.9. The van der Waals surface area contributed by atoms with E-state index >= 15 is 0 Å². The molecule has 0 fully saturated rings. The highest BCUT2D eigenvalue weighted by atomic mass is 32.2. The van der Waals surface area contributed by atoms with Gasteiger partial charge in [0, 0.05) is 42.3 Å². The molecule has 1 amide bonds. The van der Waals surface area contributed by atoms with Crippen molar-refractivity contribution in [2.45, 2.75) is 58.4 Å². The van der Waals surface area contributed by atoms with Gasteiger partial charge in [-0.3, -0.25) is 9.59 Å². The van der Waals surface area contributed by atoms with Gasteiger partial charge in [0.1, 0.15) is 5.00 Å². The van der Waals surface area contributed by atoms with Crippen LogP contribution >= 0.6 is 11.3 Å². The number of carbonyl (C=O) groups is 2. The van der Waals surface area contributed by atoms with Crippen LogP contribution in [0.25, 0.3) is 0 Å². The second kappa shape index (κ2) is 11.5. The Morgan fingerprint density at radius 3 is 2.47 bits per heavy atom. The van der Waals surface area contributed by atoms with Gasteiger partial charge in [-0.25, -0.2) is 13.1 Å². The molecule has 1 aliphatic heterocycles. The Morgan fingerprint density at radius 2 is 1.87 bits per heavy atom. The van der Waals surface area contributed by atoms with E-state index in [1.54, 1.807) is 0 Å². The van der Waals surface area contributed by atoms with Gasteiger partial charge in [-0.2, -0.15) is 9.40 Å². The van der Waals surface area contributed by atoms with Gasteiger partial charge in [-0.05, 0) is 69.6 Å². The van der Waals surface area contributed by atoms with Gasteiger partial charge in [0.25, 0.3) is 11.8 Å². The molecule has 2 aromatic heterocycles. The molecule has 3 heterocycles. The number of thiophene rings is 1. The van der Waals surface area contributed by atoms with E-state index in [0.29, 0.717) is 42.2 Å². The first-order valence-electron chi connectivity index (χ1n) is 12.9. The molecule has 1 aliphatic rings. The van der Waals surface area contributed by atoms with Crippen molar-refractivity contribution in [3.63, 3.8) is 0 Å². The van der Waals surface area contributed by atoms with E-state index in [9.17, 15) is 18.0 Å². The number of aryl methyl sites for hydroxylation is 2. The zero-order valence-electron chi connectivity index (χ0n) is 22.6. The number of benzene rings is 1. The lowest BCUT2D eigenvalue weighted by atomic mass is 10.0. The number of carbonyl (C=O) groups excluding carboxylic acids is 2. The van der Waals surface area contributed by atoms with Crippen molar-refractivity contribution in [1.82, 2.24) is 19.0 Å². The molecule has 4 rings (SSSR count). The number of anilines is 1. The molecule has 0 radical (unpaired) electrons. The highest BCUT2D eigenvalue weighted by Gasteiger charge is 2.30. The molecule has 11 heteroatoms. The predicted octanol–water partition coefficient (Wildman–Crippen LogP) is 4.30. The third kappa shape index (κ3) is 5.61. The predicted molar refractivity (Wildman–Crippen MR) is 150 cm³/mol. The minimum absolute atomic E-state index is 0.155. The number of nitrogens with one attached hydrogen (secondary N) is 1. The topological polar surface area (TPSA) is 105 Å². The average molecular weight is 558 g/mol. The Labute approximate surface area is 228 Å². The Kier molecular flexibility index (Phi) is 8.51. The molecule has 0 bridgehead atoms. The smallest absolute Gasteiger partial charge is 0.281 e. The minimum Gasteiger partial charge on any atom is -0.313 e. The van der Waals surface area contributed by atoms with Crippen LogP contribution in [0.3, 0.4) is 0 Å². The lowest BCUT2D eigenvalue weighted by molar-refractivity contribution is 0.0942. The summed E-state index contributed by atoms with van der Waals surface area (Å²) in [7, 11) is -1.61. The van der Waals surface area contributed by atoms with E-state index < -0.39 is 15.9 Å². The van der Waals surface area contributed by atoms with E-state index in [1.165, 1.54) is 44.6 Å². The number of aromatic nitrogens is 2. The molecule has 0 unspecified atom stereocenters. The number of rotatable bonds is 9. The molecule has 204 valence electrons. The van der Waals surface area contributed by atoms with E-state index in [4.69, 9.17) is 0 Å². The van der Waals surface area contributed by atoms with Gasteiger partial charge < -0.3 is 10.2 Å². The zero-order valence-corrected chi connectivity index (χ0v) is 24.2. The van der Waals surface area contributed by atoms with Crippen LogP contribution in [0.1, 0.15) is 69.2 Å². The van der Waals surface area contributed by atoms with Crippen LogP contribution in [0.5, 0.6) is 0 Å². The number of unbranched alkanes of at least 4 members (excludes halogenated alkanes) is 1. The van der Waals surface area contributed by atoms with Crippen molar-refractivity contribution in [1.29, 1.82) is 0 Å². The van der Waals surface area contributed by atoms with Gasteiger partial charge in [0.2, 0.25) is 10.0 Å². The first-order valence-corrected chi connectivity index (χ1v) is 15.1. The number of hydrogen-bond acceptors (Lipinski definition) is 7. The maximum Gasteiger partial charge on any atom is 0.281 e. The third-order valence-corrected chi connectivity index (χ3v) is 9.88. The highest BCUT2D eigenvalue weighted by molar-refractivity contribution is 7.89. The van der Waals surface area contributed by atoms with Crippen molar-refractivity contribution >= 4 is 38.2 Å². The minimum atomic E-state index is -3.64. The summed E-state index contributed by atoms with van der Waals surface area (Å²) >= 11 is 1.41. The van der Waals surface area contributed by atoms with Crippen LogP contribution in [0.15, 0.2) is 35.2 Å². The summed E-state index contributed by atoms with van der Waals surface area (Å²) in [5, 5.41) is 7.79. The first kappa shape index (κ1) is 28.2. The van der Waals surface area contributed by atoms with E-state index in [-0.39, 0.29) is 10.8 Å². The molecule has 0 saturated heterocycles. The van der Waals surface area contributed by atoms with E-state index in [1.807, 2.05) is 40.8 Å². The zero-order chi connectivity index (χ0) is 27.6. The number of hydrogen-bond donors (Lipinski definition) is 1. The summed E-state index contributed by atoms with van der Waals surface area (Å²) in [6.07, 6.45) is 2.39. The molecule has 1 N–H and O–H groups in total. The standard InChI is InChI=1S/C27H35N5O4S2/c1-6-8-14-31(7-2)38(35,36)21-11-9-20(10-12-21)25(33)28-26-24(22-13-15-30(5)17-23(22)37-26)27(34)32-19(4)16-18(3)29-32/h9-12,16H,6-8,13-15,17H2,1-5H3,(H,28,33). The monoisotopic (exact) mass is 557 g/mol. The Morgan fingerprint density at radius 1 is 1.16 bits per heavy atom. The molecule has 9 nitrogen and oxygen atoms in total. The van der Waals surface area contributed by atoms with Gasteiger partial charge in [-0.1, -0.05) is 20.3 Å². The largest absolute Gasteiger partial charge is 0.313 e. The highest BCUT2D eigenvalue weighted by Crippen LogP contribution is 2.38. The average Bonchev–Trinajstić information content (AvgIpc) is 3.41. The number of amides is 1. The van der Waals surface area contributed by atoms with Crippen molar-refractivity contribution in [2.24, 2.45) is 0 Å². The Balaban J connectivity index is 1.62. The summed E-state index contributed by atoms with van der Waals surface area (Å²) in [6.45, 7) is 9.87. The molecule has 38 heavy (non-hydrogen) atoms. The molecule has 0 spiro atoms. The van der Waals surface area contributed by atoms with Crippen molar-refractivity contribution < 1.29 is 18.0 Å². The lowest BCUT2D eigenvalue weighted by Gasteiger charge is -2.22. The van der Waals surface area contributed by atoms with E-state index in [2.05, 4.69) is 15.3 Å². The Bertz CT molecular complexity index is 1440. The molecule has 3 aromatic rings. The van der Waals surface area contributed by atoms with Crippen molar-refractivity contribution in [3.05, 3.63) is 63.3 Å².